The number of benzene rings is 1. The molecule has 1 amide bonds. The van der Waals surface area contributed by atoms with Gasteiger partial charge in [0.2, 0.25) is 5.91 Å². The Labute approximate surface area is 212 Å². The molecule has 0 radical (unpaired) electrons. The molecule has 0 unspecified atom stereocenters. The van der Waals surface area contributed by atoms with Crippen LogP contribution in [0.2, 0.25) is 5.02 Å². The number of nitrogens with one attached hydrogen (secondary N) is 1. The molecule has 9 nitrogen and oxygen atoms in total. The first-order valence-corrected chi connectivity index (χ1v) is 12.1. The maximum absolute atomic E-state index is 12.7. The SMILES string of the molecule is C.Cc1cc(NC2CCN(C(=O)CCN3CCN(c4ccc(Cl)cc4)CC3)CC2)ncc1[N+](=O)[O-]. The fourth-order valence-corrected chi connectivity index (χ4v) is 4.72. The highest BCUT2D eigenvalue weighted by Crippen LogP contribution is 2.22. The van der Waals surface area contributed by atoms with Crippen molar-refractivity contribution in [3.05, 3.63) is 57.2 Å². The van der Waals surface area contributed by atoms with Gasteiger partial charge in [0.15, 0.2) is 0 Å². The lowest BCUT2D eigenvalue weighted by Gasteiger charge is -2.37. The number of piperazine rings is 1. The first-order valence-electron chi connectivity index (χ1n) is 11.8. The van der Waals surface area contributed by atoms with Crippen molar-refractivity contribution in [2.24, 2.45) is 0 Å². The summed E-state index contributed by atoms with van der Waals surface area (Å²) in [5.41, 5.74) is 1.80. The molecule has 2 aliphatic heterocycles. The third-order valence-electron chi connectivity index (χ3n) is 6.69. The van der Waals surface area contributed by atoms with Crippen LogP contribution in [0.3, 0.4) is 0 Å². The number of amides is 1. The number of carbonyl (C=O) groups excluding carboxylic acids is 1. The van der Waals surface area contributed by atoms with E-state index < -0.39 is 4.92 Å². The molecule has 3 heterocycles. The van der Waals surface area contributed by atoms with E-state index in [2.05, 4.69) is 32.2 Å². The van der Waals surface area contributed by atoms with Gasteiger partial charge in [-0.25, -0.2) is 4.98 Å². The van der Waals surface area contributed by atoms with Gasteiger partial charge in [-0.05, 0) is 50.1 Å². The van der Waals surface area contributed by atoms with E-state index in [-0.39, 0.29) is 25.1 Å². The zero-order valence-electron chi connectivity index (χ0n) is 19.5. The number of halogens is 1. The molecule has 2 aromatic rings. The summed E-state index contributed by atoms with van der Waals surface area (Å²) in [6.07, 6.45) is 3.51. The molecule has 1 aromatic heterocycles. The van der Waals surface area contributed by atoms with Crippen LogP contribution in [0.5, 0.6) is 0 Å². The molecule has 1 N–H and O–H groups in total. The van der Waals surface area contributed by atoms with Crippen molar-refractivity contribution in [3.8, 4) is 0 Å². The average Bonchev–Trinajstić information content (AvgIpc) is 2.84. The van der Waals surface area contributed by atoms with Crippen molar-refractivity contribution >= 4 is 34.7 Å². The molecule has 1 aromatic carbocycles. The maximum atomic E-state index is 12.7. The lowest BCUT2D eigenvalue weighted by molar-refractivity contribution is -0.385. The number of nitrogens with zero attached hydrogens (tertiary/aromatic N) is 5. The molecule has 190 valence electrons. The van der Waals surface area contributed by atoms with Crippen molar-refractivity contribution in [1.29, 1.82) is 0 Å². The Bertz CT molecular complexity index is 1000. The van der Waals surface area contributed by atoms with Crippen LogP contribution in [0.25, 0.3) is 0 Å². The number of piperidine rings is 1. The molecule has 0 spiro atoms. The normalized spacial score (nSPS) is 17.1. The Hall–Kier alpha value is -2.91. The molecular weight excluding hydrogens is 468 g/mol. The van der Waals surface area contributed by atoms with Crippen LogP contribution in [0.1, 0.15) is 32.3 Å². The Kier molecular flexibility index (Phi) is 9.28. The van der Waals surface area contributed by atoms with Crippen LogP contribution < -0.4 is 10.2 Å². The molecule has 0 aliphatic carbocycles. The second-order valence-electron chi connectivity index (χ2n) is 8.97. The van der Waals surface area contributed by atoms with E-state index in [1.807, 2.05) is 17.0 Å². The number of anilines is 2. The fraction of sp³-hybridized carbons (Fsp3) is 0.520. The number of hydrogen-bond acceptors (Lipinski definition) is 7. The smallest absolute Gasteiger partial charge is 0.290 e. The summed E-state index contributed by atoms with van der Waals surface area (Å²) in [6, 6.07) is 9.87. The van der Waals surface area contributed by atoms with Crippen molar-refractivity contribution < 1.29 is 9.72 Å². The first-order chi connectivity index (χ1) is 16.4. The van der Waals surface area contributed by atoms with Crippen molar-refractivity contribution in [3.63, 3.8) is 0 Å². The quantitative estimate of drug-likeness (QED) is 0.447. The number of aryl methyl sites for hydroxylation is 1. The zero-order valence-corrected chi connectivity index (χ0v) is 20.2. The predicted octanol–water partition coefficient (Wildman–Crippen LogP) is 4.20. The largest absolute Gasteiger partial charge is 0.369 e. The summed E-state index contributed by atoms with van der Waals surface area (Å²) < 4.78 is 0. The fourth-order valence-electron chi connectivity index (χ4n) is 4.59. The molecule has 35 heavy (non-hydrogen) atoms. The summed E-state index contributed by atoms with van der Waals surface area (Å²) >= 11 is 5.98. The number of rotatable bonds is 7. The highest BCUT2D eigenvalue weighted by atomic mass is 35.5. The van der Waals surface area contributed by atoms with Gasteiger partial charge in [-0.3, -0.25) is 19.8 Å². The standard InChI is InChI=1S/C24H31ClN6O3.CH4/c1-18-16-23(26-17-22(18)31(33)34)27-20-6-10-30(11-7-20)24(32)8-9-28-12-14-29(15-13-28)21-4-2-19(25)3-5-21;/h2-5,16-17,20H,6-15H2,1H3,(H,26,27);1H4. The van der Waals surface area contributed by atoms with Crippen LogP contribution in [0.15, 0.2) is 36.5 Å². The van der Waals surface area contributed by atoms with Crippen LogP contribution in [0, 0.1) is 17.0 Å². The van der Waals surface area contributed by atoms with Crippen molar-refractivity contribution in [1.82, 2.24) is 14.8 Å². The minimum Gasteiger partial charge on any atom is -0.369 e. The Balaban J connectivity index is 0.00000342. The summed E-state index contributed by atoms with van der Waals surface area (Å²) in [7, 11) is 0. The Morgan fingerprint density at radius 3 is 2.40 bits per heavy atom. The number of pyridine rings is 1. The molecule has 0 atom stereocenters. The number of nitro groups is 1. The number of hydrogen-bond donors (Lipinski definition) is 1. The van der Waals surface area contributed by atoms with Gasteiger partial charge in [0.25, 0.3) is 5.69 Å². The summed E-state index contributed by atoms with van der Waals surface area (Å²) in [5, 5.41) is 15.1. The molecule has 2 aliphatic rings. The van der Waals surface area contributed by atoms with E-state index in [0.717, 1.165) is 50.6 Å². The van der Waals surface area contributed by atoms with Crippen molar-refractivity contribution in [2.45, 2.75) is 39.7 Å². The van der Waals surface area contributed by atoms with Gasteiger partial charge >= 0.3 is 0 Å². The van der Waals surface area contributed by atoms with Crippen LogP contribution in [-0.4, -0.2) is 77.5 Å². The summed E-state index contributed by atoms with van der Waals surface area (Å²) in [4.78, 5) is 34.1. The summed E-state index contributed by atoms with van der Waals surface area (Å²) in [6.45, 7) is 7.72. The van der Waals surface area contributed by atoms with Crippen molar-refractivity contribution in [2.75, 3.05) is 56.0 Å². The van der Waals surface area contributed by atoms with E-state index in [1.54, 1.807) is 13.0 Å². The van der Waals surface area contributed by atoms with Gasteiger partial charge in [-0.2, -0.15) is 0 Å². The Morgan fingerprint density at radius 2 is 1.80 bits per heavy atom. The highest BCUT2D eigenvalue weighted by Gasteiger charge is 2.24. The minimum atomic E-state index is -0.421. The molecule has 2 fully saturated rings. The first kappa shape index (κ1) is 26.7. The van der Waals surface area contributed by atoms with Gasteiger partial charge in [0.1, 0.15) is 12.0 Å². The molecule has 0 saturated carbocycles. The lowest BCUT2D eigenvalue weighted by Crippen LogP contribution is -2.48. The van der Waals surface area contributed by atoms with Gasteiger partial charge < -0.3 is 15.1 Å². The van der Waals surface area contributed by atoms with E-state index in [9.17, 15) is 14.9 Å². The van der Waals surface area contributed by atoms with Gasteiger partial charge in [-0.15, -0.1) is 0 Å². The molecule has 10 heteroatoms. The number of likely N-dealkylation sites (tertiary alicyclic amines) is 1. The lowest BCUT2D eigenvalue weighted by atomic mass is 10.0. The number of carbonyl (C=O) groups is 1. The molecule has 0 bridgehead atoms. The van der Waals surface area contributed by atoms with Gasteiger partial charge in [-0.1, -0.05) is 19.0 Å². The van der Waals surface area contributed by atoms with E-state index in [1.165, 1.54) is 11.9 Å². The maximum Gasteiger partial charge on any atom is 0.290 e. The topological polar surface area (TPSA) is 94.9 Å². The van der Waals surface area contributed by atoms with E-state index >= 15 is 0 Å². The zero-order chi connectivity index (χ0) is 24.1. The third kappa shape index (κ3) is 7.05. The number of aromatic nitrogens is 1. The average molecular weight is 503 g/mol. The predicted molar refractivity (Wildman–Crippen MR) is 140 cm³/mol. The second-order valence-corrected chi connectivity index (χ2v) is 9.40. The monoisotopic (exact) mass is 502 g/mol. The molecule has 2 saturated heterocycles. The van der Waals surface area contributed by atoms with Gasteiger partial charge in [0.05, 0.1) is 4.92 Å². The molecule has 4 rings (SSSR count). The second kappa shape index (κ2) is 12.2. The van der Waals surface area contributed by atoms with E-state index in [0.29, 0.717) is 30.9 Å². The third-order valence-corrected chi connectivity index (χ3v) is 6.94. The minimum absolute atomic E-state index is 0. The van der Waals surface area contributed by atoms with Crippen LogP contribution in [0.4, 0.5) is 17.2 Å². The Morgan fingerprint density at radius 1 is 1.14 bits per heavy atom. The van der Waals surface area contributed by atoms with Crippen LogP contribution >= 0.6 is 11.6 Å². The van der Waals surface area contributed by atoms with Crippen LogP contribution in [-0.2, 0) is 4.79 Å². The molecular formula is C25H35ClN6O3. The summed E-state index contributed by atoms with van der Waals surface area (Å²) in [5.74, 6) is 0.855. The van der Waals surface area contributed by atoms with Gasteiger partial charge in [0, 0.05) is 74.5 Å². The van der Waals surface area contributed by atoms with E-state index in [4.69, 9.17) is 11.6 Å². The highest BCUT2D eigenvalue weighted by molar-refractivity contribution is 6.30.